The normalized spacial score (nSPS) is 11.7. The monoisotopic (exact) mass is 292 g/mol. The Labute approximate surface area is 128 Å². The Morgan fingerprint density at radius 2 is 2.29 bits per heavy atom. The Morgan fingerprint density at radius 3 is 3.00 bits per heavy atom. The number of rotatable bonds is 9. The first-order valence-electron chi connectivity index (χ1n) is 7.74. The Kier molecular flexibility index (Phi) is 8.24. The van der Waals surface area contributed by atoms with Crippen LogP contribution in [-0.4, -0.2) is 24.1 Å². The summed E-state index contributed by atoms with van der Waals surface area (Å²) >= 11 is 0. The lowest BCUT2D eigenvalue weighted by Crippen LogP contribution is -2.32. The maximum absolute atomic E-state index is 5.86. The number of hydrogen-bond donors (Lipinski definition) is 2. The molecule has 1 rings (SSSR count). The molecule has 0 fully saturated rings. The SMILES string of the molecule is CCCCOc1ncccc1CN=C(N)NCCC(C)C. The molecule has 0 radical (unpaired) electrons. The maximum atomic E-state index is 5.86. The Balaban J connectivity index is 2.49. The van der Waals surface area contributed by atoms with Gasteiger partial charge in [-0.25, -0.2) is 9.98 Å². The highest BCUT2D eigenvalue weighted by atomic mass is 16.5. The van der Waals surface area contributed by atoms with Gasteiger partial charge in [0.1, 0.15) is 0 Å². The van der Waals surface area contributed by atoms with Crippen LogP contribution < -0.4 is 15.8 Å². The molecular weight excluding hydrogens is 264 g/mol. The predicted molar refractivity (Wildman–Crippen MR) is 87.4 cm³/mol. The summed E-state index contributed by atoms with van der Waals surface area (Å²) in [6.45, 7) is 8.52. The van der Waals surface area contributed by atoms with Gasteiger partial charge in [0.2, 0.25) is 5.88 Å². The molecule has 0 aromatic carbocycles. The number of guanidine groups is 1. The van der Waals surface area contributed by atoms with Gasteiger partial charge in [0.25, 0.3) is 0 Å². The summed E-state index contributed by atoms with van der Waals surface area (Å²) < 4.78 is 5.68. The number of hydrogen-bond acceptors (Lipinski definition) is 3. The van der Waals surface area contributed by atoms with Crippen LogP contribution in [0.3, 0.4) is 0 Å². The zero-order valence-corrected chi connectivity index (χ0v) is 13.4. The molecule has 0 aliphatic heterocycles. The summed E-state index contributed by atoms with van der Waals surface area (Å²) in [6.07, 6.45) is 4.94. The fraction of sp³-hybridized carbons (Fsp3) is 0.625. The maximum Gasteiger partial charge on any atom is 0.218 e. The van der Waals surface area contributed by atoms with Crippen LogP contribution in [0.2, 0.25) is 0 Å². The van der Waals surface area contributed by atoms with Gasteiger partial charge in [-0.1, -0.05) is 33.3 Å². The number of nitrogens with two attached hydrogens (primary N) is 1. The number of nitrogens with one attached hydrogen (secondary N) is 1. The minimum absolute atomic E-state index is 0.471. The van der Waals surface area contributed by atoms with E-state index < -0.39 is 0 Å². The van der Waals surface area contributed by atoms with E-state index in [1.807, 2.05) is 12.1 Å². The van der Waals surface area contributed by atoms with Crippen LogP contribution in [-0.2, 0) is 6.54 Å². The third-order valence-corrected chi connectivity index (χ3v) is 3.03. The number of aliphatic imine (C=N–C) groups is 1. The van der Waals surface area contributed by atoms with Crippen LogP contribution >= 0.6 is 0 Å². The molecule has 0 amide bonds. The summed E-state index contributed by atoms with van der Waals surface area (Å²) in [5, 5.41) is 3.12. The van der Waals surface area contributed by atoms with Gasteiger partial charge in [0.15, 0.2) is 5.96 Å². The first kappa shape index (κ1) is 17.3. The molecule has 1 aromatic heterocycles. The summed E-state index contributed by atoms with van der Waals surface area (Å²) in [6, 6.07) is 3.86. The molecule has 3 N–H and O–H groups in total. The highest BCUT2D eigenvalue weighted by Crippen LogP contribution is 2.15. The van der Waals surface area contributed by atoms with Crippen LogP contribution in [0.4, 0.5) is 0 Å². The fourth-order valence-electron chi connectivity index (χ4n) is 1.70. The highest BCUT2D eigenvalue weighted by Gasteiger charge is 2.04. The Bertz CT molecular complexity index is 432. The number of aromatic nitrogens is 1. The van der Waals surface area contributed by atoms with Crippen LogP contribution in [0, 0.1) is 5.92 Å². The molecule has 0 saturated heterocycles. The summed E-state index contributed by atoms with van der Waals surface area (Å²) in [5.74, 6) is 1.78. The van der Waals surface area contributed by atoms with Crippen LogP contribution in [0.1, 0.15) is 45.6 Å². The molecule has 0 bridgehead atoms. The van der Waals surface area contributed by atoms with E-state index in [0.717, 1.165) is 31.4 Å². The topological polar surface area (TPSA) is 72.5 Å². The largest absolute Gasteiger partial charge is 0.477 e. The molecule has 21 heavy (non-hydrogen) atoms. The van der Waals surface area contributed by atoms with Crippen molar-refractivity contribution in [1.29, 1.82) is 0 Å². The van der Waals surface area contributed by atoms with Crippen LogP contribution in [0.25, 0.3) is 0 Å². The Hall–Kier alpha value is -1.78. The molecule has 1 heterocycles. The van der Waals surface area contributed by atoms with Crippen molar-refractivity contribution in [1.82, 2.24) is 10.3 Å². The highest BCUT2D eigenvalue weighted by molar-refractivity contribution is 5.77. The van der Waals surface area contributed by atoms with E-state index in [4.69, 9.17) is 10.5 Å². The third-order valence-electron chi connectivity index (χ3n) is 3.03. The van der Waals surface area contributed by atoms with E-state index in [1.165, 1.54) is 0 Å². The molecule has 5 nitrogen and oxygen atoms in total. The van der Waals surface area contributed by atoms with E-state index in [1.54, 1.807) is 6.20 Å². The van der Waals surface area contributed by atoms with Crippen molar-refractivity contribution >= 4 is 5.96 Å². The molecule has 0 unspecified atom stereocenters. The minimum atomic E-state index is 0.471. The lowest BCUT2D eigenvalue weighted by molar-refractivity contribution is 0.294. The number of pyridine rings is 1. The van der Waals surface area contributed by atoms with Gasteiger partial charge in [0.05, 0.1) is 13.2 Å². The molecule has 0 saturated carbocycles. The average Bonchev–Trinajstić information content (AvgIpc) is 2.46. The van der Waals surface area contributed by atoms with Crippen molar-refractivity contribution in [2.75, 3.05) is 13.2 Å². The molecule has 118 valence electrons. The van der Waals surface area contributed by atoms with Crippen LogP contribution in [0.5, 0.6) is 5.88 Å². The molecular formula is C16H28N4O. The molecule has 0 aliphatic rings. The molecule has 5 heteroatoms. The van der Waals surface area contributed by atoms with Gasteiger partial charge in [-0.2, -0.15) is 0 Å². The van der Waals surface area contributed by atoms with Crippen LogP contribution in [0.15, 0.2) is 23.3 Å². The average molecular weight is 292 g/mol. The second-order valence-electron chi connectivity index (χ2n) is 5.48. The smallest absolute Gasteiger partial charge is 0.218 e. The number of nitrogens with zero attached hydrogens (tertiary/aromatic N) is 2. The van der Waals surface area contributed by atoms with E-state index in [2.05, 4.69) is 36.1 Å². The summed E-state index contributed by atoms with van der Waals surface area (Å²) in [7, 11) is 0. The van der Waals surface area contributed by atoms with E-state index in [0.29, 0.717) is 30.9 Å². The number of ether oxygens (including phenoxy) is 1. The zero-order valence-electron chi connectivity index (χ0n) is 13.4. The second kappa shape index (κ2) is 10.0. The van der Waals surface area contributed by atoms with Gasteiger partial charge in [-0.3, -0.25) is 0 Å². The van der Waals surface area contributed by atoms with Crippen molar-refractivity contribution in [2.45, 2.75) is 46.6 Å². The standard InChI is InChI=1S/C16H28N4O/c1-4-5-11-21-15-14(7-6-9-18-15)12-20-16(17)19-10-8-13(2)3/h6-7,9,13H,4-5,8,10-12H2,1-3H3,(H3,17,19,20). The van der Waals surface area contributed by atoms with Gasteiger partial charge >= 0.3 is 0 Å². The molecule has 0 atom stereocenters. The van der Waals surface area contributed by atoms with Gasteiger partial charge in [-0.05, 0) is 24.8 Å². The van der Waals surface area contributed by atoms with Gasteiger partial charge in [-0.15, -0.1) is 0 Å². The van der Waals surface area contributed by atoms with Crippen molar-refractivity contribution in [3.63, 3.8) is 0 Å². The summed E-state index contributed by atoms with van der Waals surface area (Å²) in [4.78, 5) is 8.60. The predicted octanol–water partition coefficient (Wildman–Crippen LogP) is 2.71. The molecule has 1 aromatic rings. The molecule has 0 spiro atoms. The lowest BCUT2D eigenvalue weighted by atomic mass is 10.1. The van der Waals surface area contributed by atoms with E-state index in [-0.39, 0.29) is 0 Å². The number of unbranched alkanes of at least 4 members (excludes halogenated alkanes) is 1. The molecule has 0 aliphatic carbocycles. The minimum Gasteiger partial charge on any atom is -0.477 e. The van der Waals surface area contributed by atoms with E-state index in [9.17, 15) is 0 Å². The van der Waals surface area contributed by atoms with Gasteiger partial charge < -0.3 is 15.8 Å². The first-order valence-corrected chi connectivity index (χ1v) is 7.74. The van der Waals surface area contributed by atoms with Crippen molar-refractivity contribution in [2.24, 2.45) is 16.6 Å². The first-order chi connectivity index (χ1) is 10.1. The van der Waals surface area contributed by atoms with Crippen molar-refractivity contribution in [3.05, 3.63) is 23.9 Å². The summed E-state index contributed by atoms with van der Waals surface area (Å²) in [5.41, 5.74) is 6.82. The van der Waals surface area contributed by atoms with Crippen molar-refractivity contribution in [3.8, 4) is 5.88 Å². The zero-order chi connectivity index (χ0) is 15.5. The third kappa shape index (κ3) is 7.54. The van der Waals surface area contributed by atoms with E-state index >= 15 is 0 Å². The quantitative estimate of drug-likeness (QED) is 0.417. The fourth-order valence-corrected chi connectivity index (χ4v) is 1.70. The second-order valence-corrected chi connectivity index (χ2v) is 5.48. The Morgan fingerprint density at radius 1 is 1.48 bits per heavy atom. The van der Waals surface area contributed by atoms with Crippen molar-refractivity contribution < 1.29 is 4.74 Å². The lowest BCUT2D eigenvalue weighted by Gasteiger charge is -2.10. The van der Waals surface area contributed by atoms with Gasteiger partial charge in [0, 0.05) is 18.3 Å².